The van der Waals surface area contributed by atoms with Crippen LogP contribution in [0.3, 0.4) is 0 Å². The number of nitrogens with zero attached hydrogens (tertiary/aromatic N) is 1. The molecule has 0 spiro atoms. The molecule has 3 aliphatic rings. The average molecular weight is 701 g/mol. The van der Waals surface area contributed by atoms with Gasteiger partial charge in [0.1, 0.15) is 5.82 Å². The largest absolute Gasteiger partial charge is 0.490 e. The van der Waals surface area contributed by atoms with Gasteiger partial charge in [0.15, 0.2) is 29.7 Å². The Morgan fingerprint density at radius 2 is 1.51 bits per heavy atom. The Balaban J connectivity index is 1.54. The van der Waals surface area contributed by atoms with Crippen LogP contribution in [0.25, 0.3) is 0 Å². The van der Waals surface area contributed by atoms with E-state index in [1.165, 1.54) is 24.3 Å². The van der Waals surface area contributed by atoms with Crippen LogP contribution in [0.1, 0.15) is 71.8 Å². The quantitative estimate of drug-likeness (QED) is 0.309. The first-order valence-corrected chi connectivity index (χ1v) is 15.7. The zero-order valence-corrected chi connectivity index (χ0v) is 27.7. The third-order valence-electron chi connectivity index (χ3n) is 8.32. The van der Waals surface area contributed by atoms with Gasteiger partial charge >= 0.3 is 0 Å². The van der Waals surface area contributed by atoms with Gasteiger partial charge in [-0.2, -0.15) is 0 Å². The lowest BCUT2D eigenvalue weighted by Gasteiger charge is -2.48. The number of benzene rings is 2. The highest BCUT2D eigenvalue weighted by atomic mass is 127. The van der Waals surface area contributed by atoms with Gasteiger partial charge in [-0.15, -0.1) is 0 Å². The van der Waals surface area contributed by atoms with Gasteiger partial charge < -0.3 is 19.7 Å². The van der Waals surface area contributed by atoms with Crippen LogP contribution < -0.4 is 14.8 Å². The van der Waals surface area contributed by atoms with E-state index >= 15 is 0 Å². The normalized spacial score (nSPS) is 19.7. The molecule has 1 N–H and O–H groups in total. The van der Waals surface area contributed by atoms with Crippen LogP contribution in [-0.4, -0.2) is 42.6 Å². The number of anilines is 1. The monoisotopic (exact) mass is 700 g/mol. The predicted octanol–water partition coefficient (Wildman–Crippen LogP) is 7.16. The van der Waals surface area contributed by atoms with Crippen LogP contribution in [0.15, 0.2) is 58.9 Å². The third-order valence-corrected chi connectivity index (χ3v) is 9.12. The Morgan fingerprint density at radius 1 is 0.953 bits per heavy atom. The molecule has 2 aliphatic carbocycles. The zero-order valence-electron chi connectivity index (χ0n) is 25.5. The number of allylic oxidation sites excluding steroid dienone is 4. The van der Waals surface area contributed by atoms with Gasteiger partial charge in [0.2, 0.25) is 0 Å². The molecule has 2 aromatic carbocycles. The Kier molecular flexibility index (Phi) is 8.50. The third kappa shape index (κ3) is 6.37. The molecule has 5 rings (SSSR count). The summed E-state index contributed by atoms with van der Waals surface area (Å²) in [4.78, 5) is 42.4. The molecular weight excluding hydrogens is 662 g/mol. The highest BCUT2D eigenvalue weighted by Crippen LogP contribution is 2.54. The Labute approximate surface area is 266 Å². The van der Waals surface area contributed by atoms with Gasteiger partial charge in [-0.25, -0.2) is 4.39 Å². The molecule has 0 unspecified atom stereocenters. The molecule has 1 heterocycles. The van der Waals surface area contributed by atoms with Crippen molar-refractivity contribution in [2.24, 2.45) is 10.8 Å². The van der Waals surface area contributed by atoms with Crippen molar-refractivity contribution < 1.29 is 28.2 Å². The molecule has 228 valence electrons. The Morgan fingerprint density at radius 3 is 2.05 bits per heavy atom. The highest BCUT2D eigenvalue weighted by molar-refractivity contribution is 14.1. The van der Waals surface area contributed by atoms with Crippen LogP contribution >= 0.6 is 22.6 Å². The maximum Gasteiger partial charge on any atom is 0.262 e. The average Bonchev–Trinajstić information content (AvgIpc) is 2.89. The van der Waals surface area contributed by atoms with E-state index in [-0.39, 0.29) is 29.0 Å². The van der Waals surface area contributed by atoms with E-state index in [0.717, 1.165) is 29.8 Å². The molecule has 7 nitrogen and oxygen atoms in total. The van der Waals surface area contributed by atoms with Crippen molar-refractivity contribution in [2.45, 2.75) is 66.2 Å². The number of amides is 1. The van der Waals surface area contributed by atoms with E-state index in [2.05, 4.69) is 60.5 Å². The van der Waals surface area contributed by atoms with Gasteiger partial charge in [-0.1, -0.05) is 27.7 Å². The van der Waals surface area contributed by atoms with Gasteiger partial charge in [-0.3, -0.25) is 14.4 Å². The second kappa shape index (κ2) is 11.7. The van der Waals surface area contributed by atoms with Crippen LogP contribution in [0.4, 0.5) is 10.1 Å². The smallest absolute Gasteiger partial charge is 0.262 e. The summed E-state index contributed by atoms with van der Waals surface area (Å²) in [5, 5.41) is 2.70. The van der Waals surface area contributed by atoms with Crippen LogP contribution in [0.2, 0.25) is 0 Å². The number of hydrogen-bond acceptors (Lipinski definition) is 6. The van der Waals surface area contributed by atoms with Gasteiger partial charge in [0.25, 0.3) is 5.91 Å². The van der Waals surface area contributed by atoms with Crippen molar-refractivity contribution in [3.8, 4) is 11.5 Å². The fourth-order valence-corrected chi connectivity index (χ4v) is 7.30. The lowest BCUT2D eigenvalue weighted by molar-refractivity contribution is -0.120. The first-order chi connectivity index (χ1) is 20.2. The van der Waals surface area contributed by atoms with E-state index in [1.807, 2.05) is 26.1 Å². The number of Topliss-reactive ketones (excluding diaryl/α,β-unsaturated/α-hetero) is 2. The fraction of sp³-hybridized carbons (Fsp3) is 0.441. The number of carbonyl (C=O) groups is 3. The lowest BCUT2D eigenvalue weighted by atomic mass is 9.64. The number of halogens is 2. The molecular formula is C34H38FIN2O5. The molecule has 0 bridgehead atoms. The fourth-order valence-electron chi connectivity index (χ4n) is 6.52. The predicted molar refractivity (Wildman–Crippen MR) is 171 cm³/mol. The molecule has 0 saturated carbocycles. The van der Waals surface area contributed by atoms with E-state index in [0.29, 0.717) is 51.4 Å². The maximum atomic E-state index is 13.8. The number of rotatable bonds is 7. The molecule has 1 amide bonds. The summed E-state index contributed by atoms with van der Waals surface area (Å²) in [5.41, 5.74) is 4.25. The Bertz CT molecular complexity index is 1500. The van der Waals surface area contributed by atoms with E-state index < -0.39 is 17.6 Å². The van der Waals surface area contributed by atoms with Crippen molar-refractivity contribution in [1.82, 2.24) is 4.90 Å². The van der Waals surface area contributed by atoms with E-state index in [4.69, 9.17) is 9.47 Å². The van der Waals surface area contributed by atoms with Crippen LogP contribution in [0, 0.1) is 20.2 Å². The minimum atomic E-state index is -0.503. The van der Waals surface area contributed by atoms with Crippen molar-refractivity contribution in [3.63, 3.8) is 0 Å². The molecule has 1 aliphatic heterocycles. The molecule has 0 aromatic heterocycles. The molecule has 0 fully saturated rings. The standard InChI is InChI=1S/C34H38FIN2O5/c1-7-42-27-13-19(12-22(36)32(27)43-18-28(41)37-21-10-8-20(35)9-11-21)29-30-23(14-33(2,3)16-25(30)39)38(6)24-15-34(4,5)17-26(40)31(24)29/h8-13,29H,7,14-18H2,1-6H3,(H,37,41). The summed E-state index contributed by atoms with van der Waals surface area (Å²) in [5.74, 6) is -0.316. The molecule has 0 atom stereocenters. The topological polar surface area (TPSA) is 84.9 Å². The summed E-state index contributed by atoms with van der Waals surface area (Å²) >= 11 is 2.15. The molecule has 0 saturated heterocycles. The van der Waals surface area contributed by atoms with Crippen molar-refractivity contribution >= 4 is 45.8 Å². The maximum absolute atomic E-state index is 13.8. The molecule has 0 radical (unpaired) electrons. The number of nitrogens with one attached hydrogen (secondary N) is 1. The van der Waals surface area contributed by atoms with Crippen LogP contribution in [-0.2, 0) is 14.4 Å². The lowest BCUT2D eigenvalue weighted by Crippen LogP contribution is -2.43. The van der Waals surface area contributed by atoms with Crippen molar-refractivity contribution in [1.29, 1.82) is 0 Å². The molecule has 2 aromatic rings. The van der Waals surface area contributed by atoms with E-state index in [1.54, 1.807) is 0 Å². The number of ketones is 2. The SMILES string of the molecule is CCOc1cc(C2C3=C(CC(C)(C)CC3=O)N(C)C3=C2C(=O)CC(C)(C)C3)cc(I)c1OCC(=O)Nc1ccc(F)cc1. The van der Waals surface area contributed by atoms with E-state index in [9.17, 15) is 18.8 Å². The summed E-state index contributed by atoms with van der Waals surface area (Å²) in [7, 11) is 1.99. The van der Waals surface area contributed by atoms with Crippen molar-refractivity contribution in [2.75, 3.05) is 25.6 Å². The highest BCUT2D eigenvalue weighted by Gasteiger charge is 2.48. The Hall–Kier alpha value is -3.21. The molecule has 9 heteroatoms. The summed E-state index contributed by atoms with van der Waals surface area (Å²) < 4.78 is 25.9. The summed E-state index contributed by atoms with van der Waals surface area (Å²) in [6, 6.07) is 9.28. The summed E-state index contributed by atoms with van der Waals surface area (Å²) in [6.45, 7) is 10.4. The minimum Gasteiger partial charge on any atom is -0.490 e. The van der Waals surface area contributed by atoms with Gasteiger partial charge in [-0.05, 0) is 95.1 Å². The second-order valence-corrected chi connectivity index (χ2v) is 14.4. The zero-order chi connectivity index (χ0) is 31.3. The van der Waals surface area contributed by atoms with Gasteiger partial charge in [0, 0.05) is 54.0 Å². The second-order valence-electron chi connectivity index (χ2n) is 13.2. The van der Waals surface area contributed by atoms with Gasteiger partial charge in [0.05, 0.1) is 10.2 Å². The number of carbonyl (C=O) groups excluding carboxylic acids is 3. The number of hydrogen-bond donors (Lipinski definition) is 1. The first kappa shape index (κ1) is 31.2. The van der Waals surface area contributed by atoms with Crippen LogP contribution in [0.5, 0.6) is 11.5 Å². The minimum absolute atomic E-state index is 0.0676. The van der Waals surface area contributed by atoms with Crippen molar-refractivity contribution in [3.05, 3.63) is 73.9 Å². The molecule has 43 heavy (non-hydrogen) atoms. The first-order valence-electron chi connectivity index (χ1n) is 14.6. The number of ether oxygens (including phenoxy) is 2. The summed E-state index contributed by atoms with van der Waals surface area (Å²) in [6.07, 6.45) is 2.31.